The highest BCUT2D eigenvalue weighted by Gasteiger charge is 2.29. The van der Waals surface area contributed by atoms with E-state index in [9.17, 15) is 14.7 Å². The number of carbonyl (C=O) groups excluding carboxylic acids is 1. The van der Waals surface area contributed by atoms with E-state index in [1.807, 2.05) is 24.3 Å². The Hall–Kier alpha value is -4.91. The second-order valence-corrected chi connectivity index (χ2v) is 8.62. The molecular formula is C29H21N3O4. The molecule has 1 aliphatic rings. The summed E-state index contributed by atoms with van der Waals surface area (Å²) >= 11 is 0. The minimum absolute atomic E-state index is 0.0431. The number of phenolic OH excluding ortho intramolecular Hbond substituents is 1. The lowest BCUT2D eigenvalue weighted by Gasteiger charge is -2.15. The average molecular weight is 476 g/mol. The van der Waals surface area contributed by atoms with Crippen molar-refractivity contribution in [1.29, 1.82) is 0 Å². The Bertz CT molecular complexity index is 1650. The maximum atomic E-state index is 13.1. The minimum Gasteiger partial charge on any atom is -0.508 e. The molecule has 0 atom stereocenters. The monoisotopic (exact) mass is 475 g/mol. The predicted octanol–water partition coefficient (Wildman–Crippen LogP) is 5.45. The Morgan fingerprint density at radius 2 is 1.64 bits per heavy atom. The van der Waals surface area contributed by atoms with Gasteiger partial charge in [0, 0.05) is 17.7 Å². The molecule has 0 bridgehead atoms. The molecule has 0 fully saturated rings. The topological polar surface area (TPSA) is 93.5 Å². The third-order valence-electron chi connectivity index (χ3n) is 6.46. The molecule has 7 heteroatoms. The molecular weight excluding hydrogens is 454 g/mol. The van der Waals surface area contributed by atoms with Crippen LogP contribution in [0.15, 0.2) is 102 Å². The van der Waals surface area contributed by atoms with Gasteiger partial charge in [0.2, 0.25) is 0 Å². The molecule has 1 amide bonds. The highest BCUT2D eigenvalue weighted by molar-refractivity contribution is 5.89. The van der Waals surface area contributed by atoms with Gasteiger partial charge in [0.05, 0.1) is 16.6 Å². The van der Waals surface area contributed by atoms with Crippen LogP contribution in [0, 0.1) is 0 Å². The molecule has 0 aliphatic heterocycles. The minimum atomic E-state index is -0.603. The van der Waals surface area contributed by atoms with E-state index in [2.05, 4.69) is 34.6 Å². The summed E-state index contributed by atoms with van der Waals surface area (Å²) in [5.41, 5.74) is 5.68. The Balaban J connectivity index is 1.22. The Kier molecular flexibility index (Phi) is 5.22. The highest BCUT2D eigenvalue weighted by Crippen LogP contribution is 2.44. The second kappa shape index (κ2) is 8.70. The van der Waals surface area contributed by atoms with Crippen LogP contribution in [0.4, 0.5) is 10.5 Å². The number of ether oxygens (including phenoxy) is 1. The van der Waals surface area contributed by atoms with Gasteiger partial charge < -0.3 is 9.84 Å². The van der Waals surface area contributed by atoms with Gasteiger partial charge in [-0.15, -0.1) is 0 Å². The molecule has 0 saturated heterocycles. The van der Waals surface area contributed by atoms with E-state index in [0.717, 1.165) is 22.3 Å². The van der Waals surface area contributed by atoms with Gasteiger partial charge >= 0.3 is 6.09 Å². The lowest BCUT2D eigenvalue weighted by atomic mass is 9.98. The van der Waals surface area contributed by atoms with Gasteiger partial charge in [-0.25, -0.2) is 9.78 Å². The number of fused-ring (bicyclic) bond motifs is 4. The zero-order chi connectivity index (χ0) is 24.6. The average Bonchev–Trinajstić information content (AvgIpc) is 3.22. The van der Waals surface area contributed by atoms with Crippen LogP contribution in [0.5, 0.6) is 5.75 Å². The molecule has 7 nitrogen and oxygen atoms in total. The Morgan fingerprint density at radius 1 is 0.917 bits per heavy atom. The second-order valence-electron chi connectivity index (χ2n) is 8.62. The van der Waals surface area contributed by atoms with Crippen molar-refractivity contribution in [3.05, 3.63) is 119 Å². The number of hydrogen-bond donors (Lipinski definition) is 2. The summed E-state index contributed by atoms with van der Waals surface area (Å²) in [5, 5.41) is 12.8. The summed E-state index contributed by atoms with van der Waals surface area (Å²) in [7, 11) is 0. The van der Waals surface area contributed by atoms with Crippen LogP contribution >= 0.6 is 0 Å². The standard InChI is InChI=1S/C29H21N3O4/c33-20-7-5-6-19(15-20)32-17-30-27-13-12-18(14-25(27)28(32)34)31-29(35)36-16-26-23-10-3-1-8-21(23)22-9-2-4-11-24(22)26/h1-15,17,26,33H,16H2,(H,31,35). The summed E-state index contributed by atoms with van der Waals surface area (Å²) in [5.74, 6) is 0.00335. The van der Waals surface area contributed by atoms with Crippen molar-refractivity contribution in [3.8, 4) is 22.6 Å². The molecule has 176 valence electrons. The summed E-state index contributed by atoms with van der Waals surface area (Å²) in [6.07, 6.45) is 0.811. The Labute approximate surface area is 206 Å². The fourth-order valence-electron chi connectivity index (χ4n) is 4.78. The summed E-state index contributed by atoms with van der Waals surface area (Å²) in [6.45, 7) is 0.194. The maximum Gasteiger partial charge on any atom is 0.411 e. The number of carbonyl (C=O) groups is 1. The quantitative estimate of drug-likeness (QED) is 0.360. The van der Waals surface area contributed by atoms with E-state index in [0.29, 0.717) is 22.3 Å². The van der Waals surface area contributed by atoms with Crippen LogP contribution in [0.2, 0.25) is 0 Å². The zero-order valence-corrected chi connectivity index (χ0v) is 19.1. The summed E-state index contributed by atoms with van der Waals surface area (Å²) < 4.78 is 6.96. The molecule has 0 spiro atoms. The van der Waals surface area contributed by atoms with Crippen molar-refractivity contribution in [3.63, 3.8) is 0 Å². The van der Waals surface area contributed by atoms with Crippen LogP contribution in [0.3, 0.4) is 0 Å². The van der Waals surface area contributed by atoms with Crippen molar-refractivity contribution in [2.24, 2.45) is 0 Å². The first kappa shape index (κ1) is 21.6. The van der Waals surface area contributed by atoms with E-state index in [4.69, 9.17) is 4.74 Å². The zero-order valence-electron chi connectivity index (χ0n) is 19.1. The summed E-state index contributed by atoms with van der Waals surface area (Å²) in [6, 6.07) is 27.6. The van der Waals surface area contributed by atoms with Gasteiger partial charge in [-0.05, 0) is 52.6 Å². The Morgan fingerprint density at radius 3 is 2.36 bits per heavy atom. The van der Waals surface area contributed by atoms with Crippen molar-refractivity contribution in [1.82, 2.24) is 9.55 Å². The van der Waals surface area contributed by atoms with Gasteiger partial charge in [-0.2, -0.15) is 0 Å². The van der Waals surface area contributed by atoms with E-state index < -0.39 is 6.09 Å². The molecule has 1 aliphatic carbocycles. The van der Waals surface area contributed by atoms with Crippen molar-refractivity contribution < 1.29 is 14.6 Å². The lowest BCUT2D eigenvalue weighted by molar-refractivity contribution is 0.158. The normalized spacial score (nSPS) is 12.2. The summed E-state index contributed by atoms with van der Waals surface area (Å²) in [4.78, 5) is 30.1. The van der Waals surface area contributed by atoms with Crippen LogP contribution in [-0.2, 0) is 4.74 Å². The third-order valence-corrected chi connectivity index (χ3v) is 6.46. The first-order valence-electron chi connectivity index (χ1n) is 11.5. The number of benzene rings is 4. The number of phenols is 1. The number of nitrogens with one attached hydrogen (secondary N) is 1. The van der Waals surface area contributed by atoms with Gasteiger partial charge in [0.15, 0.2) is 0 Å². The maximum absolute atomic E-state index is 13.1. The molecule has 36 heavy (non-hydrogen) atoms. The molecule has 5 aromatic rings. The predicted molar refractivity (Wildman–Crippen MR) is 138 cm³/mol. The van der Waals surface area contributed by atoms with Crippen molar-refractivity contribution in [2.45, 2.75) is 5.92 Å². The SMILES string of the molecule is O=C(Nc1ccc2ncn(-c3cccc(O)c3)c(=O)c2c1)OCC1c2ccccc2-c2ccccc21. The fourth-order valence-corrected chi connectivity index (χ4v) is 4.78. The number of rotatable bonds is 4. The number of amides is 1. The highest BCUT2D eigenvalue weighted by atomic mass is 16.5. The van der Waals surface area contributed by atoms with Crippen molar-refractivity contribution in [2.75, 3.05) is 11.9 Å². The molecule has 2 N–H and O–H groups in total. The number of hydrogen-bond acceptors (Lipinski definition) is 5. The molecule has 1 heterocycles. The number of aromatic nitrogens is 2. The van der Waals surface area contributed by atoms with Gasteiger partial charge in [-0.3, -0.25) is 14.7 Å². The molecule has 4 aromatic carbocycles. The fraction of sp³-hybridized carbons (Fsp3) is 0.0690. The van der Waals surface area contributed by atoms with Crippen LogP contribution in [-0.4, -0.2) is 27.4 Å². The number of nitrogens with zero attached hydrogens (tertiary/aromatic N) is 2. The molecule has 1 aromatic heterocycles. The van der Waals surface area contributed by atoms with Crippen LogP contribution < -0.4 is 10.9 Å². The lowest BCUT2D eigenvalue weighted by Crippen LogP contribution is -2.20. The largest absolute Gasteiger partial charge is 0.508 e. The number of aromatic hydroxyl groups is 1. The van der Waals surface area contributed by atoms with Gasteiger partial charge in [-0.1, -0.05) is 54.6 Å². The molecule has 0 unspecified atom stereocenters. The van der Waals surface area contributed by atoms with Crippen LogP contribution in [0.25, 0.3) is 27.7 Å². The van der Waals surface area contributed by atoms with Crippen molar-refractivity contribution >= 4 is 22.7 Å². The third kappa shape index (κ3) is 3.76. The van der Waals surface area contributed by atoms with E-state index in [1.54, 1.807) is 30.3 Å². The smallest absolute Gasteiger partial charge is 0.411 e. The molecule has 0 radical (unpaired) electrons. The first-order valence-corrected chi connectivity index (χ1v) is 11.5. The first-order chi connectivity index (χ1) is 17.6. The van der Waals surface area contributed by atoms with E-state index in [-0.39, 0.29) is 23.8 Å². The molecule has 6 rings (SSSR count). The molecule has 0 saturated carbocycles. The van der Waals surface area contributed by atoms with E-state index in [1.165, 1.54) is 23.0 Å². The number of anilines is 1. The van der Waals surface area contributed by atoms with Gasteiger partial charge in [0.25, 0.3) is 5.56 Å². The van der Waals surface area contributed by atoms with Crippen LogP contribution in [0.1, 0.15) is 17.0 Å². The van der Waals surface area contributed by atoms with Gasteiger partial charge in [0.1, 0.15) is 18.7 Å². The van der Waals surface area contributed by atoms with E-state index >= 15 is 0 Å².